The summed E-state index contributed by atoms with van der Waals surface area (Å²) in [7, 11) is 3.59. The summed E-state index contributed by atoms with van der Waals surface area (Å²) >= 11 is 1.75. The summed E-state index contributed by atoms with van der Waals surface area (Å²) in [6.45, 7) is 2.41. The predicted molar refractivity (Wildman–Crippen MR) is 94.9 cm³/mol. The molecule has 0 unspecified atom stereocenters. The summed E-state index contributed by atoms with van der Waals surface area (Å²) in [5.41, 5.74) is 1.02. The Morgan fingerprint density at radius 1 is 1.42 bits per heavy atom. The lowest BCUT2D eigenvalue weighted by atomic mass is 10.1. The molecule has 130 valence electrons. The lowest BCUT2D eigenvalue weighted by Gasteiger charge is -2.21. The van der Waals surface area contributed by atoms with Crippen LogP contribution in [-0.4, -0.2) is 47.9 Å². The van der Waals surface area contributed by atoms with Gasteiger partial charge in [-0.2, -0.15) is 0 Å². The van der Waals surface area contributed by atoms with E-state index in [0.29, 0.717) is 12.5 Å². The third kappa shape index (κ3) is 4.09. The molecule has 6 nitrogen and oxygen atoms in total. The molecule has 1 saturated heterocycles. The van der Waals surface area contributed by atoms with Crippen molar-refractivity contribution in [2.45, 2.75) is 24.5 Å². The Morgan fingerprint density at radius 2 is 2.33 bits per heavy atom. The fraction of sp³-hybridized carbons (Fsp3) is 0.529. The van der Waals surface area contributed by atoms with Crippen molar-refractivity contribution >= 4 is 11.8 Å². The zero-order valence-corrected chi connectivity index (χ0v) is 15.0. The van der Waals surface area contributed by atoms with Crippen molar-refractivity contribution in [3.8, 4) is 11.4 Å². The lowest BCUT2D eigenvalue weighted by Crippen LogP contribution is -2.19. The summed E-state index contributed by atoms with van der Waals surface area (Å²) in [5.74, 6) is 3.31. The first-order valence-electron chi connectivity index (χ1n) is 8.25. The third-order valence-electron chi connectivity index (χ3n) is 4.05. The van der Waals surface area contributed by atoms with Gasteiger partial charge < -0.3 is 14.8 Å². The van der Waals surface area contributed by atoms with E-state index < -0.39 is 0 Å². The van der Waals surface area contributed by atoms with Crippen LogP contribution in [0.15, 0.2) is 29.4 Å². The van der Waals surface area contributed by atoms with Gasteiger partial charge in [-0.1, -0.05) is 17.8 Å². The largest absolute Gasteiger partial charge is 0.497 e. The Labute approximate surface area is 146 Å². The number of rotatable bonds is 7. The number of thioether (sulfide) groups is 1. The van der Waals surface area contributed by atoms with Gasteiger partial charge in [-0.3, -0.25) is 4.57 Å². The number of ether oxygens (including phenoxy) is 2. The average molecular weight is 348 g/mol. The molecule has 0 aliphatic carbocycles. The van der Waals surface area contributed by atoms with E-state index in [2.05, 4.69) is 26.1 Å². The van der Waals surface area contributed by atoms with Crippen LogP contribution in [0.5, 0.6) is 5.75 Å². The number of aromatic nitrogens is 3. The molecule has 1 aromatic heterocycles. The molecule has 3 rings (SSSR count). The topological polar surface area (TPSA) is 61.2 Å². The minimum atomic E-state index is 0.590. The van der Waals surface area contributed by atoms with Crippen LogP contribution < -0.4 is 10.1 Å². The van der Waals surface area contributed by atoms with E-state index in [-0.39, 0.29) is 0 Å². The first-order chi connectivity index (χ1) is 11.8. The number of nitrogens with one attached hydrogen (secondary N) is 1. The van der Waals surface area contributed by atoms with Crippen molar-refractivity contribution < 1.29 is 9.47 Å². The second-order valence-electron chi connectivity index (χ2n) is 5.86. The summed E-state index contributed by atoms with van der Waals surface area (Å²) in [6.07, 6.45) is 2.38. The van der Waals surface area contributed by atoms with E-state index in [9.17, 15) is 0 Å². The van der Waals surface area contributed by atoms with Gasteiger partial charge >= 0.3 is 0 Å². The Balaban J connectivity index is 1.83. The Morgan fingerprint density at radius 3 is 3.08 bits per heavy atom. The summed E-state index contributed by atoms with van der Waals surface area (Å²) < 4.78 is 13.0. The fourth-order valence-corrected chi connectivity index (χ4v) is 3.89. The van der Waals surface area contributed by atoms with Crippen LogP contribution in [0.1, 0.15) is 18.7 Å². The van der Waals surface area contributed by atoms with E-state index in [0.717, 1.165) is 47.8 Å². The maximum absolute atomic E-state index is 5.58. The molecule has 2 heterocycles. The molecule has 0 bridgehead atoms. The molecular weight excluding hydrogens is 324 g/mol. The molecule has 0 saturated carbocycles. The van der Waals surface area contributed by atoms with Gasteiger partial charge in [0, 0.05) is 18.4 Å². The van der Waals surface area contributed by atoms with Gasteiger partial charge in [0.2, 0.25) is 0 Å². The van der Waals surface area contributed by atoms with E-state index in [1.54, 1.807) is 18.9 Å². The zero-order chi connectivity index (χ0) is 16.8. The molecule has 1 fully saturated rings. The molecule has 1 aliphatic heterocycles. The SMILES string of the molecule is CNCc1nnc(SC[C@H]2CCCOC2)n1-c1cccc(OC)c1. The van der Waals surface area contributed by atoms with E-state index in [1.807, 2.05) is 25.2 Å². The highest BCUT2D eigenvalue weighted by Gasteiger charge is 2.18. The van der Waals surface area contributed by atoms with Crippen molar-refractivity contribution in [3.63, 3.8) is 0 Å². The standard InChI is InChI=1S/C17H24N4O2S/c1-18-10-16-19-20-17(24-12-13-5-4-8-23-11-13)21(16)14-6-3-7-15(9-14)22-2/h3,6-7,9,13,18H,4-5,8,10-12H2,1-2H3/t13-/m0/s1. The zero-order valence-electron chi connectivity index (χ0n) is 14.2. The number of hydrogen-bond donors (Lipinski definition) is 1. The maximum atomic E-state index is 5.58. The first-order valence-corrected chi connectivity index (χ1v) is 9.24. The predicted octanol–water partition coefficient (Wildman–Crippen LogP) is 2.51. The van der Waals surface area contributed by atoms with Crippen molar-refractivity contribution in [2.24, 2.45) is 5.92 Å². The van der Waals surface area contributed by atoms with Gasteiger partial charge in [-0.05, 0) is 37.9 Å². The summed E-state index contributed by atoms with van der Waals surface area (Å²) in [5, 5.41) is 12.8. The molecule has 0 spiro atoms. The van der Waals surface area contributed by atoms with Crippen molar-refractivity contribution in [1.82, 2.24) is 20.1 Å². The average Bonchev–Trinajstić information content (AvgIpc) is 3.04. The van der Waals surface area contributed by atoms with Crippen LogP contribution in [0.4, 0.5) is 0 Å². The van der Waals surface area contributed by atoms with Crippen molar-refractivity contribution in [1.29, 1.82) is 0 Å². The minimum Gasteiger partial charge on any atom is -0.497 e. The molecular formula is C17H24N4O2S. The van der Waals surface area contributed by atoms with Gasteiger partial charge in [-0.15, -0.1) is 10.2 Å². The Kier molecular flexibility index (Phi) is 6.12. The van der Waals surface area contributed by atoms with Gasteiger partial charge in [0.25, 0.3) is 0 Å². The Hall–Kier alpha value is -1.57. The molecule has 1 atom stereocenters. The van der Waals surface area contributed by atoms with Crippen LogP contribution in [-0.2, 0) is 11.3 Å². The highest BCUT2D eigenvalue weighted by molar-refractivity contribution is 7.99. The molecule has 7 heteroatoms. The summed E-state index contributed by atoms with van der Waals surface area (Å²) in [6, 6.07) is 7.99. The molecule has 24 heavy (non-hydrogen) atoms. The van der Waals surface area contributed by atoms with Crippen LogP contribution in [0.3, 0.4) is 0 Å². The molecule has 1 N–H and O–H groups in total. The first kappa shape index (κ1) is 17.3. The number of hydrogen-bond acceptors (Lipinski definition) is 6. The van der Waals surface area contributed by atoms with Crippen molar-refractivity contribution in [3.05, 3.63) is 30.1 Å². The second-order valence-corrected chi connectivity index (χ2v) is 6.85. The number of methoxy groups -OCH3 is 1. The monoisotopic (exact) mass is 348 g/mol. The molecule has 0 radical (unpaired) electrons. The molecule has 2 aromatic rings. The highest BCUT2D eigenvalue weighted by Crippen LogP contribution is 2.28. The summed E-state index contributed by atoms with van der Waals surface area (Å²) in [4.78, 5) is 0. The molecule has 1 aliphatic rings. The van der Waals surface area contributed by atoms with E-state index >= 15 is 0 Å². The maximum Gasteiger partial charge on any atom is 0.195 e. The number of benzene rings is 1. The smallest absolute Gasteiger partial charge is 0.195 e. The van der Waals surface area contributed by atoms with Crippen LogP contribution in [0.25, 0.3) is 5.69 Å². The van der Waals surface area contributed by atoms with Crippen LogP contribution >= 0.6 is 11.8 Å². The quantitative estimate of drug-likeness (QED) is 0.776. The Bertz CT molecular complexity index is 656. The van der Waals surface area contributed by atoms with Crippen LogP contribution in [0.2, 0.25) is 0 Å². The number of nitrogens with zero attached hydrogens (tertiary/aromatic N) is 3. The van der Waals surface area contributed by atoms with Gasteiger partial charge in [0.15, 0.2) is 11.0 Å². The normalized spacial score (nSPS) is 17.8. The lowest BCUT2D eigenvalue weighted by molar-refractivity contribution is 0.0632. The molecule has 0 amide bonds. The second kappa shape index (κ2) is 8.50. The third-order valence-corrected chi connectivity index (χ3v) is 5.21. The fourth-order valence-electron chi connectivity index (χ4n) is 2.81. The minimum absolute atomic E-state index is 0.590. The van der Waals surface area contributed by atoms with E-state index in [4.69, 9.17) is 9.47 Å². The van der Waals surface area contributed by atoms with Crippen LogP contribution in [0, 0.1) is 5.92 Å². The van der Waals surface area contributed by atoms with E-state index in [1.165, 1.54) is 6.42 Å². The van der Waals surface area contributed by atoms with Gasteiger partial charge in [0.05, 0.1) is 25.9 Å². The van der Waals surface area contributed by atoms with Gasteiger partial charge in [0.1, 0.15) is 5.75 Å². The van der Waals surface area contributed by atoms with Gasteiger partial charge in [-0.25, -0.2) is 0 Å². The highest BCUT2D eigenvalue weighted by atomic mass is 32.2. The molecule has 1 aromatic carbocycles. The van der Waals surface area contributed by atoms with Crippen molar-refractivity contribution in [2.75, 3.05) is 33.1 Å².